The van der Waals surface area contributed by atoms with Crippen LogP contribution in [0, 0.1) is 5.92 Å². The van der Waals surface area contributed by atoms with E-state index in [4.69, 9.17) is 10.2 Å². The molecular weight excluding hydrogens is 160 g/mol. The summed E-state index contributed by atoms with van der Waals surface area (Å²) < 4.78 is 0. The molecule has 0 spiro atoms. The number of Topliss-reactive ketones (excluding diaryl/α,β-unsaturated/α-hetero) is 1. The van der Waals surface area contributed by atoms with Crippen molar-refractivity contribution >= 4 is 11.8 Å². The Hall–Kier alpha value is -0.900. The smallest absolute Gasteiger partial charge is 0.303 e. The van der Waals surface area contributed by atoms with Crippen LogP contribution in [-0.2, 0) is 9.59 Å². The first kappa shape index (κ1) is 11.1. The Balaban J connectivity index is 3.53. The van der Waals surface area contributed by atoms with Gasteiger partial charge in [-0.15, -0.1) is 0 Å². The number of carbonyl (C=O) groups excluding carboxylic acids is 1. The van der Waals surface area contributed by atoms with E-state index in [2.05, 4.69) is 0 Å². The molecule has 0 saturated carbocycles. The highest BCUT2D eigenvalue weighted by atomic mass is 16.4. The number of carbonyl (C=O) groups is 2. The minimum atomic E-state index is -0.958. The fraction of sp³-hybridized carbons (Fsp3) is 0.750. The van der Waals surface area contributed by atoms with Gasteiger partial charge in [-0.3, -0.25) is 9.59 Å². The Morgan fingerprint density at radius 3 is 2.33 bits per heavy atom. The molecule has 0 aliphatic heterocycles. The molecule has 0 radical (unpaired) electrons. The van der Waals surface area contributed by atoms with Gasteiger partial charge in [0.2, 0.25) is 0 Å². The van der Waals surface area contributed by atoms with Gasteiger partial charge in [0.1, 0.15) is 5.78 Å². The summed E-state index contributed by atoms with van der Waals surface area (Å²) in [6.07, 6.45) is 0.223. The first-order valence-corrected chi connectivity index (χ1v) is 3.90. The number of aliphatic hydroxyl groups excluding tert-OH is 1. The lowest BCUT2D eigenvalue weighted by Crippen LogP contribution is -2.10. The van der Waals surface area contributed by atoms with Gasteiger partial charge < -0.3 is 10.2 Å². The van der Waals surface area contributed by atoms with Gasteiger partial charge in [-0.05, 0) is 5.92 Å². The van der Waals surface area contributed by atoms with E-state index >= 15 is 0 Å². The lowest BCUT2D eigenvalue weighted by molar-refractivity contribution is -0.138. The molecule has 12 heavy (non-hydrogen) atoms. The third kappa shape index (κ3) is 5.85. The van der Waals surface area contributed by atoms with E-state index < -0.39 is 5.97 Å². The Kier molecular flexibility index (Phi) is 5.28. The standard InChI is InChI=1S/C8H14O4/c1-6(5-9)4-7(10)2-3-8(11)12/h6,9H,2-5H2,1H3,(H,11,12). The summed E-state index contributed by atoms with van der Waals surface area (Å²) in [7, 11) is 0. The zero-order valence-electron chi connectivity index (χ0n) is 7.12. The van der Waals surface area contributed by atoms with Gasteiger partial charge in [-0.2, -0.15) is 0 Å². The molecule has 0 saturated heterocycles. The molecule has 0 fully saturated rings. The van der Waals surface area contributed by atoms with Crippen LogP contribution in [0.3, 0.4) is 0 Å². The molecule has 70 valence electrons. The number of hydrogen-bond donors (Lipinski definition) is 2. The number of carboxylic acids is 1. The second-order valence-corrected chi connectivity index (χ2v) is 2.92. The maximum absolute atomic E-state index is 10.9. The molecule has 0 aromatic rings. The summed E-state index contributed by atoms with van der Waals surface area (Å²) in [4.78, 5) is 21.0. The quantitative estimate of drug-likeness (QED) is 0.612. The molecule has 1 atom stereocenters. The summed E-state index contributed by atoms with van der Waals surface area (Å²) in [5.41, 5.74) is 0. The second-order valence-electron chi connectivity index (χ2n) is 2.92. The Labute approximate surface area is 71.2 Å². The number of aliphatic carboxylic acids is 1. The normalized spacial score (nSPS) is 12.5. The van der Waals surface area contributed by atoms with E-state index in [0.717, 1.165) is 0 Å². The van der Waals surface area contributed by atoms with E-state index in [0.29, 0.717) is 0 Å². The van der Waals surface area contributed by atoms with E-state index in [1.54, 1.807) is 6.92 Å². The molecule has 0 amide bonds. The van der Waals surface area contributed by atoms with Crippen LogP contribution >= 0.6 is 0 Å². The van der Waals surface area contributed by atoms with Crippen LogP contribution in [0.4, 0.5) is 0 Å². The highest BCUT2D eigenvalue weighted by Crippen LogP contribution is 2.04. The lowest BCUT2D eigenvalue weighted by atomic mass is 10.0. The first-order valence-electron chi connectivity index (χ1n) is 3.90. The van der Waals surface area contributed by atoms with Crippen LogP contribution in [0.1, 0.15) is 26.2 Å². The molecule has 1 unspecified atom stereocenters. The van der Waals surface area contributed by atoms with Gasteiger partial charge in [-0.1, -0.05) is 6.92 Å². The van der Waals surface area contributed by atoms with Crippen molar-refractivity contribution in [1.82, 2.24) is 0 Å². The average Bonchev–Trinajstić information content (AvgIpc) is 2.00. The maximum atomic E-state index is 10.9. The molecule has 0 bridgehead atoms. The fourth-order valence-corrected chi connectivity index (χ4v) is 0.802. The van der Waals surface area contributed by atoms with Gasteiger partial charge in [0.25, 0.3) is 0 Å². The molecule has 0 rings (SSSR count). The Morgan fingerprint density at radius 1 is 1.33 bits per heavy atom. The summed E-state index contributed by atoms with van der Waals surface area (Å²) in [6, 6.07) is 0. The molecule has 0 heterocycles. The van der Waals surface area contributed by atoms with E-state index in [-0.39, 0.29) is 37.6 Å². The summed E-state index contributed by atoms with van der Waals surface area (Å²) in [6.45, 7) is 1.72. The highest BCUT2D eigenvalue weighted by molar-refractivity contribution is 5.82. The largest absolute Gasteiger partial charge is 0.481 e. The first-order chi connectivity index (χ1) is 5.56. The van der Waals surface area contributed by atoms with E-state index in [1.165, 1.54) is 0 Å². The van der Waals surface area contributed by atoms with Crippen LogP contribution in [0.25, 0.3) is 0 Å². The fourth-order valence-electron chi connectivity index (χ4n) is 0.802. The minimum Gasteiger partial charge on any atom is -0.481 e. The minimum absolute atomic E-state index is 0.0290. The van der Waals surface area contributed by atoms with Gasteiger partial charge in [0, 0.05) is 19.4 Å². The van der Waals surface area contributed by atoms with E-state index in [1.807, 2.05) is 0 Å². The van der Waals surface area contributed by atoms with Crippen molar-refractivity contribution in [2.75, 3.05) is 6.61 Å². The molecule has 4 heteroatoms. The Bertz CT molecular complexity index is 164. The summed E-state index contributed by atoms with van der Waals surface area (Å²) in [5.74, 6) is -1.12. The third-order valence-electron chi connectivity index (χ3n) is 1.51. The van der Waals surface area contributed by atoms with Gasteiger partial charge in [0.15, 0.2) is 0 Å². The van der Waals surface area contributed by atoms with Crippen LogP contribution in [0.15, 0.2) is 0 Å². The number of carboxylic acid groups (broad SMARTS) is 1. The number of aliphatic hydroxyl groups is 1. The summed E-state index contributed by atoms with van der Waals surface area (Å²) in [5, 5.41) is 16.8. The van der Waals surface area contributed by atoms with Crippen LogP contribution in [0.5, 0.6) is 0 Å². The molecule has 0 aliphatic carbocycles. The van der Waals surface area contributed by atoms with Gasteiger partial charge >= 0.3 is 5.97 Å². The molecule has 4 nitrogen and oxygen atoms in total. The van der Waals surface area contributed by atoms with Crippen molar-refractivity contribution in [3.05, 3.63) is 0 Å². The lowest BCUT2D eigenvalue weighted by Gasteiger charge is -2.04. The molecule has 0 aromatic heterocycles. The highest BCUT2D eigenvalue weighted by Gasteiger charge is 2.09. The van der Waals surface area contributed by atoms with Crippen molar-refractivity contribution in [2.24, 2.45) is 5.92 Å². The molecule has 0 aliphatic rings. The number of rotatable bonds is 6. The second kappa shape index (κ2) is 5.71. The van der Waals surface area contributed by atoms with Crippen LogP contribution in [0.2, 0.25) is 0 Å². The monoisotopic (exact) mass is 174 g/mol. The number of ketones is 1. The Morgan fingerprint density at radius 2 is 1.92 bits per heavy atom. The predicted molar refractivity (Wildman–Crippen MR) is 42.7 cm³/mol. The zero-order chi connectivity index (χ0) is 9.56. The predicted octanol–water partition coefficient (Wildman–Crippen LogP) is 0.439. The topological polar surface area (TPSA) is 74.6 Å². The molecule has 0 aromatic carbocycles. The van der Waals surface area contributed by atoms with Crippen molar-refractivity contribution in [2.45, 2.75) is 26.2 Å². The van der Waals surface area contributed by atoms with Gasteiger partial charge in [0.05, 0.1) is 6.42 Å². The molecule has 2 N–H and O–H groups in total. The maximum Gasteiger partial charge on any atom is 0.303 e. The summed E-state index contributed by atoms with van der Waals surface area (Å²) >= 11 is 0. The van der Waals surface area contributed by atoms with E-state index in [9.17, 15) is 9.59 Å². The van der Waals surface area contributed by atoms with Gasteiger partial charge in [-0.25, -0.2) is 0 Å². The third-order valence-corrected chi connectivity index (χ3v) is 1.51. The van der Waals surface area contributed by atoms with Crippen molar-refractivity contribution in [1.29, 1.82) is 0 Å². The van der Waals surface area contributed by atoms with Crippen molar-refractivity contribution in [3.8, 4) is 0 Å². The van der Waals surface area contributed by atoms with Crippen LogP contribution < -0.4 is 0 Å². The van der Waals surface area contributed by atoms with Crippen molar-refractivity contribution in [3.63, 3.8) is 0 Å². The van der Waals surface area contributed by atoms with Crippen LogP contribution in [-0.4, -0.2) is 28.6 Å². The SMILES string of the molecule is CC(CO)CC(=O)CCC(=O)O. The van der Waals surface area contributed by atoms with Crippen molar-refractivity contribution < 1.29 is 19.8 Å². The molecular formula is C8H14O4. The number of hydrogen-bond acceptors (Lipinski definition) is 3. The average molecular weight is 174 g/mol. The zero-order valence-corrected chi connectivity index (χ0v) is 7.12.